The van der Waals surface area contributed by atoms with E-state index in [0.29, 0.717) is 16.7 Å². The predicted molar refractivity (Wildman–Crippen MR) is 83.7 cm³/mol. The van der Waals surface area contributed by atoms with Crippen LogP contribution in [-0.2, 0) is 6.42 Å². The number of aromatic nitrogens is 2. The van der Waals surface area contributed by atoms with E-state index in [4.69, 9.17) is 17.3 Å². The average molecular weight is 374 g/mol. The van der Waals surface area contributed by atoms with Crippen molar-refractivity contribution in [1.29, 1.82) is 0 Å². The summed E-state index contributed by atoms with van der Waals surface area (Å²) in [6.07, 6.45) is 0.831. The lowest BCUT2D eigenvalue weighted by atomic mass is 10.1. The molecule has 94 valence electrons. The molecular formula is C13H13ClIN3. The molecule has 0 amide bonds. The number of anilines is 1. The van der Waals surface area contributed by atoms with E-state index in [9.17, 15) is 0 Å². The molecule has 3 nitrogen and oxygen atoms in total. The van der Waals surface area contributed by atoms with Crippen LogP contribution in [0.25, 0.3) is 11.4 Å². The van der Waals surface area contributed by atoms with Crippen molar-refractivity contribution in [3.63, 3.8) is 0 Å². The van der Waals surface area contributed by atoms with Crippen molar-refractivity contribution in [2.75, 3.05) is 5.73 Å². The Labute approximate surface area is 125 Å². The molecule has 0 aliphatic rings. The van der Waals surface area contributed by atoms with Crippen molar-refractivity contribution in [3.05, 3.63) is 38.0 Å². The van der Waals surface area contributed by atoms with Crippen LogP contribution in [0.5, 0.6) is 0 Å². The monoisotopic (exact) mass is 373 g/mol. The molecule has 1 aromatic carbocycles. The van der Waals surface area contributed by atoms with E-state index >= 15 is 0 Å². The van der Waals surface area contributed by atoms with Gasteiger partial charge in [0.2, 0.25) is 0 Å². The molecule has 0 saturated carbocycles. The number of benzene rings is 1. The molecule has 0 unspecified atom stereocenters. The SMILES string of the molecule is CCc1nc(-c2ccc(C)c(Cl)c2)nc(N)c1I. The summed E-state index contributed by atoms with van der Waals surface area (Å²) in [6, 6.07) is 5.79. The molecule has 0 fully saturated rings. The zero-order valence-corrected chi connectivity index (χ0v) is 13.1. The summed E-state index contributed by atoms with van der Waals surface area (Å²) in [7, 11) is 0. The number of hydrogen-bond acceptors (Lipinski definition) is 3. The largest absolute Gasteiger partial charge is 0.383 e. The van der Waals surface area contributed by atoms with Crippen molar-refractivity contribution in [2.45, 2.75) is 20.3 Å². The third-order valence-corrected chi connectivity index (χ3v) is 4.29. The van der Waals surface area contributed by atoms with Crippen LogP contribution >= 0.6 is 34.2 Å². The average Bonchev–Trinajstić information content (AvgIpc) is 2.36. The topological polar surface area (TPSA) is 51.8 Å². The quantitative estimate of drug-likeness (QED) is 0.813. The molecule has 18 heavy (non-hydrogen) atoms. The van der Waals surface area contributed by atoms with E-state index in [-0.39, 0.29) is 0 Å². The lowest BCUT2D eigenvalue weighted by Gasteiger charge is -2.08. The number of aryl methyl sites for hydroxylation is 2. The zero-order valence-electron chi connectivity index (χ0n) is 10.2. The fourth-order valence-corrected chi connectivity index (χ4v) is 2.41. The second-order valence-electron chi connectivity index (χ2n) is 4.01. The lowest BCUT2D eigenvalue weighted by molar-refractivity contribution is 0.994. The van der Waals surface area contributed by atoms with Gasteiger partial charge in [-0.1, -0.05) is 30.7 Å². The summed E-state index contributed by atoms with van der Waals surface area (Å²) in [4.78, 5) is 8.86. The number of hydrogen-bond donors (Lipinski definition) is 1. The molecule has 0 radical (unpaired) electrons. The minimum absolute atomic E-state index is 0.522. The Kier molecular flexibility index (Phi) is 4.07. The molecule has 0 aliphatic carbocycles. The number of nitrogens with two attached hydrogens (primary N) is 1. The Balaban J connectivity index is 2.57. The first-order valence-corrected chi connectivity index (χ1v) is 7.07. The standard InChI is InChI=1S/C13H13ClIN3/c1-3-10-11(15)12(16)18-13(17-10)8-5-4-7(2)9(14)6-8/h4-6H,3H2,1-2H3,(H2,16,17,18). The molecule has 0 saturated heterocycles. The number of nitrogens with zero attached hydrogens (tertiary/aromatic N) is 2. The first kappa shape index (κ1) is 13.5. The van der Waals surface area contributed by atoms with Crippen LogP contribution in [0.4, 0.5) is 5.82 Å². The van der Waals surface area contributed by atoms with Crippen LogP contribution in [0.1, 0.15) is 18.2 Å². The van der Waals surface area contributed by atoms with Gasteiger partial charge in [-0.2, -0.15) is 0 Å². The molecule has 0 atom stereocenters. The zero-order chi connectivity index (χ0) is 13.3. The van der Waals surface area contributed by atoms with E-state index in [0.717, 1.165) is 26.8 Å². The Morgan fingerprint density at radius 1 is 1.33 bits per heavy atom. The van der Waals surface area contributed by atoms with Crippen LogP contribution in [0, 0.1) is 10.5 Å². The second-order valence-corrected chi connectivity index (χ2v) is 5.50. The van der Waals surface area contributed by atoms with Gasteiger partial charge in [0.25, 0.3) is 0 Å². The smallest absolute Gasteiger partial charge is 0.161 e. The Bertz CT molecular complexity index is 599. The third kappa shape index (κ3) is 2.59. The van der Waals surface area contributed by atoms with Crippen LogP contribution in [0.3, 0.4) is 0 Å². The molecule has 0 spiro atoms. The van der Waals surface area contributed by atoms with Crippen molar-refractivity contribution in [3.8, 4) is 11.4 Å². The van der Waals surface area contributed by atoms with Gasteiger partial charge in [-0.05, 0) is 47.6 Å². The lowest BCUT2D eigenvalue weighted by Crippen LogP contribution is -2.04. The maximum Gasteiger partial charge on any atom is 0.161 e. The van der Waals surface area contributed by atoms with E-state index in [1.807, 2.05) is 25.1 Å². The van der Waals surface area contributed by atoms with Gasteiger partial charge in [-0.25, -0.2) is 9.97 Å². The van der Waals surface area contributed by atoms with E-state index in [1.165, 1.54) is 0 Å². The molecular weight excluding hydrogens is 361 g/mol. The highest BCUT2D eigenvalue weighted by molar-refractivity contribution is 14.1. The van der Waals surface area contributed by atoms with Crippen molar-refractivity contribution < 1.29 is 0 Å². The van der Waals surface area contributed by atoms with Crippen molar-refractivity contribution >= 4 is 40.0 Å². The van der Waals surface area contributed by atoms with Gasteiger partial charge < -0.3 is 5.73 Å². The van der Waals surface area contributed by atoms with Crippen molar-refractivity contribution in [2.24, 2.45) is 0 Å². The van der Waals surface area contributed by atoms with Gasteiger partial charge >= 0.3 is 0 Å². The fraction of sp³-hybridized carbons (Fsp3) is 0.231. The minimum atomic E-state index is 0.522. The van der Waals surface area contributed by atoms with E-state index in [2.05, 4.69) is 39.5 Å². The van der Waals surface area contributed by atoms with Gasteiger partial charge in [0.15, 0.2) is 5.82 Å². The molecule has 2 N–H and O–H groups in total. The number of rotatable bonds is 2. The second kappa shape index (κ2) is 5.40. The van der Waals surface area contributed by atoms with Crippen LogP contribution < -0.4 is 5.73 Å². The third-order valence-electron chi connectivity index (χ3n) is 2.71. The van der Waals surface area contributed by atoms with Crippen molar-refractivity contribution in [1.82, 2.24) is 9.97 Å². The molecule has 5 heteroatoms. The van der Waals surface area contributed by atoms with Gasteiger partial charge in [-0.3, -0.25) is 0 Å². The molecule has 1 aromatic heterocycles. The highest BCUT2D eigenvalue weighted by Crippen LogP contribution is 2.26. The molecule has 2 aromatic rings. The Hall–Kier alpha value is -0.880. The van der Waals surface area contributed by atoms with Gasteiger partial charge in [0.05, 0.1) is 9.26 Å². The van der Waals surface area contributed by atoms with Gasteiger partial charge in [0, 0.05) is 10.6 Å². The normalized spacial score (nSPS) is 10.7. The maximum atomic E-state index is 6.12. The molecule has 0 aliphatic heterocycles. The summed E-state index contributed by atoms with van der Waals surface area (Å²) in [5, 5.41) is 0.714. The summed E-state index contributed by atoms with van der Waals surface area (Å²) in [5.74, 6) is 1.15. The number of halogens is 2. The van der Waals surface area contributed by atoms with E-state index < -0.39 is 0 Å². The summed E-state index contributed by atoms with van der Waals surface area (Å²) in [6.45, 7) is 4.02. The predicted octanol–water partition coefficient (Wildman–Crippen LogP) is 3.85. The number of nitrogen functional groups attached to an aromatic ring is 1. The fourth-order valence-electron chi connectivity index (χ4n) is 1.61. The van der Waals surface area contributed by atoms with Gasteiger partial charge in [-0.15, -0.1) is 0 Å². The van der Waals surface area contributed by atoms with Gasteiger partial charge in [0.1, 0.15) is 5.82 Å². The first-order valence-electron chi connectivity index (χ1n) is 5.61. The maximum absolute atomic E-state index is 6.12. The molecule has 2 rings (SSSR count). The Morgan fingerprint density at radius 3 is 2.67 bits per heavy atom. The van der Waals surface area contributed by atoms with Crippen LogP contribution in [0.2, 0.25) is 5.02 Å². The van der Waals surface area contributed by atoms with Crippen LogP contribution in [-0.4, -0.2) is 9.97 Å². The highest BCUT2D eigenvalue weighted by atomic mass is 127. The molecule has 0 bridgehead atoms. The van der Waals surface area contributed by atoms with Crippen LogP contribution in [0.15, 0.2) is 18.2 Å². The summed E-state index contributed by atoms with van der Waals surface area (Å²) < 4.78 is 0.928. The molecule has 1 heterocycles. The first-order chi connectivity index (χ1) is 8.52. The summed E-state index contributed by atoms with van der Waals surface area (Å²) >= 11 is 8.30. The Morgan fingerprint density at radius 2 is 2.06 bits per heavy atom. The highest BCUT2D eigenvalue weighted by Gasteiger charge is 2.10. The minimum Gasteiger partial charge on any atom is -0.383 e. The van der Waals surface area contributed by atoms with E-state index in [1.54, 1.807) is 0 Å². The summed E-state index contributed by atoms with van der Waals surface area (Å²) in [5.41, 5.74) is 8.81.